The Bertz CT molecular complexity index is 805. The molecule has 3 heterocycles. The molecule has 7 heteroatoms. The second-order valence-corrected chi connectivity index (χ2v) is 8.29. The zero-order valence-corrected chi connectivity index (χ0v) is 16.3. The standard InChI is InChI=1S/C19H28N6O/c1-12-9-16-14(20-18(12)21-17(26)10-19(3,4)5)7-6-8-25(16)11-15-13(2)22-24-23-15/h9H,6-8,10-11H2,1-5H3,(H,20,21,26)(H,22,23,24). The highest BCUT2D eigenvalue weighted by Crippen LogP contribution is 2.31. The van der Waals surface area contributed by atoms with E-state index in [1.54, 1.807) is 0 Å². The molecule has 1 amide bonds. The number of carbonyl (C=O) groups excluding carboxylic acids is 1. The molecule has 2 N–H and O–H groups in total. The molecule has 0 atom stereocenters. The van der Waals surface area contributed by atoms with Crippen molar-refractivity contribution in [3.05, 3.63) is 28.7 Å². The molecular weight excluding hydrogens is 328 g/mol. The number of H-pyrrole nitrogens is 1. The molecule has 0 fully saturated rings. The van der Waals surface area contributed by atoms with Crippen LogP contribution in [0.1, 0.15) is 56.3 Å². The summed E-state index contributed by atoms with van der Waals surface area (Å²) < 4.78 is 0. The second kappa shape index (κ2) is 7.05. The number of nitrogens with one attached hydrogen (secondary N) is 2. The summed E-state index contributed by atoms with van der Waals surface area (Å²) in [5, 5.41) is 14.0. The molecule has 2 aromatic rings. The predicted octanol–water partition coefficient (Wildman–Crippen LogP) is 3.14. The van der Waals surface area contributed by atoms with Gasteiger partial charge in [-0.25, -0.2) is 4.98 Å². The van der Waals surface area contributed by atoms with Gasteiger partial charge in [-0.1, -0.05) is 20.8 Å². The summed E-state index contributed by atoms with van der Waals surface area (Å²) in [6.07, 6.45) is 2.43. The molecule has 0 aliphatic carbocycles. The summed E-state index contributed by atoms with van der Waals surface area (Å²) in [7, 11) is 0. The largest absolute Gasteiger partial charge is 0.364 e. The average Bonchev–Trinajstić information content (AvgIpc) is 2.92. The molecule has 1 aliphatic heterocycles. The van der Waals surface area contributed by atoms with E-state index in [2.05, 4.69) is 52.5 Å². The number of anilines is 2. The van der Waals surface area contributed by atoms with Crippen LogP contribution in [0.2, 0.25) is 0 Å². The normalized spacial score (nSPS) is 14.3. The number of nitrogens with zero attached hydrogens (tertiary/aromatic N) is 4. The number of aromatic nitrogens is 4. The van der Waals surface area contributed by atoms with Crippen LogP contribution >= 0.6 is 0 Å². The molecule has 0 spiro atoms. The first-order valence-electron chi connectivity index (χ1n) is 9.14. The fraction of sp³-hybridized carbons (Fsp3) is 0.579. The zero-order chi connectivity index (χ0) is 18.9. The van der Waals surface area contributed by atoms with Crippen LogP contribution in [0.3, 0.4) is 0 Å². The van der Waals surface area contributed by atoms with Crippen LogP contribution in [-0.4, -0.2) is 32.8 Å². The second-order valence-electron chi connectivity index (χ2n) is 8.29. The van der Waals surface area contributed by atoms with Gasteiger partial charge in [0.2, 0.25) is 5.91 Å². The van der Waals surface area contributed by atoms with Crippen LogP contribution in [0.25, 0.3) is 0 Å². The van der Waals surface area contributed by atoms with E-state index in [9.17, 15) is 4.79 Å². The Morgan fingerprint density at radius 1 is 1.31 bits per heavy atom. The molecule has 0 radical (unpaired) electrons. The van der Waals surface area contributed by atoms with E-state index < -0.39 is 0 Å². The number of aromatic amines is 1. The number of pyridine rings is 1. The van der Waals surface area contributed by atoms with E-state index in [0.29, 0.717) is 18.8 Å². The molecule has 0 bridgehead atoms. The van der Waals surface area contributed by atoms with Gasteiger partial charge in [0.25, 0.3) is 0 Å². The van der Waals surface area contributed by atoms with Crippen LogP contribution in [0, 0.1) is 19.3 Å². The Labute approximate surface area is 154 Å². The van der Waals surface area contributed by atoms with Crippen LogP contribution in [0.15, 0.2) is 6.07 Å². The summed E-state index contributed by atoms with van der Waals surface area (Å²) in [6, 6.07) is 2.13. The van der Waals surface area contributed by atoms with Crippen molar-refractivity contribution in [2.24, 2.45) is 5.41 Å². The number of fused-ring (bicyclic) bond motifs is 1. The van der Waals surface area contributed by atoms with Gasteiger partial charge in [0.1, 0.15) is 11.5 Å². The van der Waals surface area contributed by atoms with Gasteiger partial charge >= 0.3 is 0 Å². The molecule has 3 rings (SSSR count). The summed E-state index contributed by atoms with van der Waals surface area (Å²) >= 11 is 0. The minimum Gasteiger partial charge on any atom is -0.364 e. The lowest BCUT2D eigenvalue weighted by Gasteiger charge is -2.31. The minimum absolute atomic E-state index is 0.0129. The maximum absolute atomic E-state index is 12.3. The first-order chi connectivity index (χ1) is 12.2. The monoisotopic (exact) mass is 356 g/mol. The molecule has 0 unspecified atom stereocenters. The van der Waals surface area contributed by atoms with E-state index in [0.717, 1.165) is 47.7 Å². The van der Waals surface area contributed by atoms with Crippen molar-refractivity contribution in [2.75, 3.05) is 16.8 Å². The Kier molecular flexibility index (Phi) is 4.98. The van der Waals surface area contributed by atoms with E-state index >= 15 is 0 Å². The number of carbonyl (C=O) groups is 1. The van der Waals surface area contributed by atoms with Crippen molar-refractivity contribution in [1.82, 2.24) is 20.4 Å². The maximum Gasteiger partial charge on any atom is 0.226 e. The maximum atomic E-state index is 12.3. The SMILES string of the molecule is Cc1cc2c(nc1NC(=O)CC(C)(C)C)CCCN2Cc1n[nH]nc1C. The van der Waals surface area contributed by atoms with E-state index in [1.165, 1.54) is 0 Å². The van der Waals surface area contributed by atoms with E-state index in [1.807, 2.05) is 13.8 Å². The first-order valence-corrected chi connectivity index (χ1v) is 9.14. The highest BCUT2D eigenvalue weighted by molar-refractivity contribution is 5.91. The van der Waals surface area contributed by atoms with Crippen LogP contribution in [0.5, 0.6) is 0 Å². The number of aryl methyl sites for hydroxylation is 3. The Morgan fingerprint density at radius 3 is 2.73 bits per heavy atom. The highest BCUT2D eigenvalue weighted by atomic mass is 16.1. The quantitative estimate of drug-likeness (QED) is 0.879. The van der Waals surface area contributed by atoms with Crippen molar-refractivity contribution < 1.29 is 4.79 Å². The van der Waals surface area contributed by atoms with Gasteiger partial charge in [-0.3, -0.25) is 4.79 Å². The number of hydrogen-bond acceptors (Lipinski definition) is 5. The fourth-order valence-corrected chi connectivity index (χ4v) is 3.24. The molecule has 0 saturated heterocycles. The summed E-state index contributed by atoms with van der Waals surface area (Å²) in [4.78, 5) is 19.3. The van der Waals surface area contributed by atoms with Gasteiger partial charge in [-0.2, -0.15) is 15.4 Å². The minimum atomic E-state index is -0.0432. The van der Waals surface area contributed by atoms with Crippen molar-refractivity contribution in [3.8, 4) is 0 Å². The number of amides is 1. The van der Waals surface area contributed by atoms with Gasteiger partial charge in [0.15, 0.2) is 0 Å². The zero-order valence-electron chi connectivity index (χ0n) is 16.3. The Hall–Kier alpha value is -2.44. The third-order valence-electron chi connectivity index (χ3n) is 4.56. The molecule has 0 saturated carbocycles. The molecule has 1 aliphatic rings. The van der Waals surface area contributed by atoms with Gasteiger partial charge in [0.05, 0.1) is 23.6 Å². The Morgan fingerprint density at radius 2 is 2.08 bits per heavy atom. The van der Waals surface area contributed by atoms with Gasteiger partial charge in [-0.05, 0) is 43.7 Å². The highest BCUT2D eigenvalue weighted by Gasteiger charge is 2.23. The van der Waals surface area contributed by atoms with E-state index in [-0.39, 0.29) is 11.3 Å². The molecule has 26 heavy (non-hydrogen) atoms. The van der Waals surface area contributed by atoms with Gasteiger partial charge in [0, 0.05) is 13.0 Å². The third-order valence-corrected chi connectivity index (χ3v) is 4.56. The lowest BCUT2D eigenvalue weighted by molar-refractivity contribution is -0.117. The Balaban J connectivity index is 1.81. The summed E-state index contributed by atoms with van der Waals surface area (Å²) in [6.45, 7) is 11.8. The van der Waals surface area contributed by atoms with Crippen molar-refractivity contribution in [1.29, 1.82) is 0 Å². The van der Waals surface area contributed by atoms with Gasteiger partial charge in [-0.15, -0.1) is 0 Å². The molecule has 140 valence electrons. The van der Waals surface area contributed by atoms with Crippen LogP contribution in [-0.2, 0) is 17.8 Å². The van der Waals surface area contributed by atoms with Crippen molar-refractivity contribution in [3.63, 3.8) is 0 Å². The fourth-order valence-electron chi connectivity index (χ4n) is 3.24. The third kappa shape index (κ3) is 4.20. The molecular formula is C19H28N6O. The lowest BCUT2D eigenvalue weighted by atomic mass is 9.92. The number of hydrogen-bond donors (Lipinski definition) is 2. The van der Waals surface area contributed by atoms with Gasteiger partial charge < -0.3 is 10.2 Å². The molecule has 2 aromatic heterocycles. The number of rotatable bonds is 4. The smallest absolute Gasteiger partial charge is 0.226 e. The van der Waals surface area contributed by atoms with Crippen molar-refractivity contribution >= 4 is 17.4 Å². The predicted molar refractivity (Wildman–Crippen MR) is 102 cm³/mol. The first kappa shape index (κ1) is 18.4. The van der Waals surface area contributed by atoms with Crippen LogP contribution < -0.4 is 10.2 Å². The molecule has 0 aromatic carbocycles. The van der Waals surface area contributed by atoms with Crippen LogP contribution in [0.4, 0.5) is 11.5 Å². The van der Waals surface area contributed by atoms with Crippen molar-refractivity contribution in [2.45, 2.75) is 60.4 Å². The topological polar surface area (TPSA) is 86.8 Å². The lowest BCUT2D eigenvalue weighted by Crippen LogP contribution is -2.30. The average molecular weight is 356 g/mol. The summed E-state index contributed by atoms with van der Waals surface area (Å²) in [5.41, 5.74) is 4.98. The summed E-state index contributed by atoms with van der Waals surface area (Å²) in [5.74, 6) is 0.691. The molecule has 7 nitrogen and oxygen atoms in total. The van der Waals surface area contributed by atoms with E-state index in [4.69, 9.17) is 4.98 Å².